The molecular formula is C12H16Cl2N2O. The lowest BCUT2D eigenvalue weighted by molar-refractivity contribution is -0.130. The first kappa shape index (κ1) is 14.3. The molecule has 3 nitrogen and oxygen atoms in total. The van der Waals surface area contributed by atoms with Crippen LogP contribution in [0.3, 0.4) is 0 Å². The van der Waals surface area contributed by atoms with E-state index in [0.29, 0.717) is 22.2 Å². The van der Waals surface area contributed by atoms with Crippen LogP contribution in [-0.4, -0.2) is 30.4 Å². The van der Waals surface area contributed by atoms with Crippen LogP contribution in [-0.2, 0) is 11.2 Å². The van der Waals surface area contributed by atoms with Crippen LogP contribution in [0, 0.1) is 0 Å². The SMILES string of the molecule is CC(CN)N(C)C(=O)Cc1c(Cl)cccc1Cl. The maximum absolute atomic E-state index is 12.0. The second-order valence-corrected chi connectivity index (χ2v) is 4.78. The Kier molecular flexibility index (Phi) is 5.25. The van der Waals surface area contributed by atoms with Crippen molar-refractivity contribution in [2.75, 3.05) is 13.6 Å². The Labute approximate surface area is 111 Å². The largest absolute Gasteiger partial charge is 0.341 e. The average molecular weight is 275 g/mol. The highest BCUT2D eigenvalue weighted by Crippen LogP contribution is 2.25. The summed E-state index contributed by atoms with van der Waals surface area (Å²) in [4.78, 5) is 13.6. The Morgan fingerprint density at radius 1 is 1.41 bits per heavy atom. The zero-order valence-corrected chi connectivity index (χ0v) is 11.4. The van der Waals surface area contributed by atoms with Crippen LogP contribution in [0.25, 0.3) is 0 Å². The third kappa shape index (κ3) is 3.60. The first-order valence-corrected chi connectivity index (χ1v) is 6.11. The molecule has 0 aliphatic heterocycles. The predicted molar refractivity (Wildman–Crippen MR) is 71.5 cm³/mol. The second kappa shape index (κ2) is 6.24. The van der Waals surface area contributed by atoms with E-state index >= 15 is 0 Å². The summed E-state index contributed by atoms with van der Waals surface area (Å²) in [7, 11) is 1.73. The predicted octanol–water partition coefficient (Wildman–Crippen LogP) is 2.34. The van der Waals surface area contributed by atoms with E-state index in [1.54, 1.807) is 30.1 Å². The van der Waals surface area contributed by atoms with Crippen LogP contribution in [0.1, 0.15) is 12.5 Å². The Hall–Kier alpha value is -0.770. The van der Waals surface area contributed by atoms with E-state index in [1.807, 2.05) is 6.92 Å². The van der Waals surface area contributed by atoms with Gasteiger partial charge < -0.3 is 10.6 Å². The molecule has 94 valence electrons. The van der Waals surface area contributed by atoms with Gasteiger partial charge in [0.15, 0.2) is 0 Å². The van der Waals surface area contributed by atoms with Gasteiger partial charge in [0.25, 0.3) is 0 Å². The maximum Gasteiger partial charge on any atom is 0.227 e. The molecule has 0 saturated heterocycles. The zero-order valence-electron chi connectivity index (χ0n) is 9.91. The fourth-order valence-electron chi connectivity index (χ4n) is 1.38. The standard InChI is InChI=1S/C12H16Cl2N2O/c1-8(7-15)16(2)12(17)6-9-10(13)4-3-5-11(9)14/h3-5,8H,6-7,15H2,1-2H3. The summed E-state index contributed by atoms with van der Waals surface area (Å²) in [5.74, 6) is -0.0436. The van der Waals surface area contributed by atoms with Gasteiger partial charge in [-0.3, -0.25) is 4.79 Å². The molecule has 0 aliphatic rings. The first-order chi connectivity index (χ1) is 7.97. The van der Waals surface area contributed by atoms with Gasteiger partial charge in [0.1, 0.15) is 0 Å². The van der Waals surface area contributed by atoms with Crippen molar-refractivity contribution in [2.45, 2.75) is 19.4 Å². The van der Waals surface area contributed by atoms with Gasteiger partial charge in [-0.05, 0) is 24.6 Å². The Morgan fingerprint density at radius 3 is 2.41 bits per heavy atom. The minimum absolute atomic E-state index is 0.00348. The monoisotopic (exact) mass is 274 g/mol. The number of amides is 1. The van der Waals surface area contributed by atoms with E-state index in [9.17, 15) is 4.79 Å². The molecule has 17 heavy (non-hydrogen) atoms. The summed E-state index contributed by atoms with van der Waals surface area (Å²) in [5.41, 5.74) is 6.18. The van der Waals surface area contributed by atoms with Crippen molar-refractivity contribution in [1.82, 2.24) is 4.90 Å². The number of carbonyl (C=O) groups is 1. The highest BCUT2D eigenvalue weighted by atomic mass is 35.5. The molecule has 1 aromatic carbocycles. The highest BCUT2D eigenvalue weighted by Gasteiger charge is 2.17. The highest BCUT2D eigenvalue weighted by molar-refractivity contribution is 6.36. The van der Waals surface area contributed by atoms with Crippen LogP contribution in [0.5, 0.6) is 0 Å². The average Bonchev–Trinajstić information content (AvgIpc) is 2.31. The first-order valence-electron chi connectivity index (χ1n) is 5.36. The van der Waals surface area contributed by atoms with Crippen molar-refractivity contribution >= 4 is 29.1 Å². The lowest BCUT2D eigenvalue weighted by Crippen LogP contribution is -2.40. The van der Waals surface area contributed by atoms with Gasteiger partial charge in [-0.15, -0.1) is 0 Å². The number of benzene rings is 1. The van der Waals surface area contributed by atoms with Crippen LogP contribution >= 0.6 is 23.2 Å². The second-order valence-electron chi connectivity index (χ2n) is 3.97. The third-order valence-electron chi connectivity index (χ3n) is 2.79. The van der Waals surface area contributed by atoms with Crippen molar-refractivity contribution < 1.29 is 4.79 Å². The molecular weight excluding hydrogens is 259 g/mol. The zero-order chi connectivity index (χ0) is 13.0. The van der Waals surface area contributed by atoms with E-state index in [0.717, 1.165) is 0 Å². The van der Waals surface area contributed by atoms with Crippen molar-refractivity contribution in [3.05, 3.63) is 33.8 Å². The molecule has 5 heteroatoms. The van der Waals surface area contributed by atoms with E-state index in [2.05, 4.69) is 0 Å². The molecule has 0 aromatic heterocycles. The molecule has 1 amide bonds. The molecule has 0 spiro atoms. The number of carbonyl (C=O) groups excluding carboxylic acids is 1. The van der Waals surface area contributed by atoms with Gasteiger partial charge in [0, 0.05) is 29.7 Å². The Bertz CT molecular complexity index is 389. The minimum Gasteiger partial charge on any atom is -0.341 e. The van der Waals surface area contributed by atoms with E-state index in [4.69, 9.17) is 28.9 Å². The molecule has 0 heterocycles. The summed E-state index contributed by atoms with van der Waals surface area (Å²) >= 11 is 12.0. The number of likely N-dealkylation sites (N-methyl/N-ethyl adjacent to an activating group) is 1. The molecule has 0 radical (unpaired) electrons. The van der Waals surface area contributed by atoms with Crippen molar-refractivity contribution in [3.8, 4) is 0 Å². The minimum atomic E-state index is -0.0436. The molecule has 2 N–H and O–H groups in total. The van der Waals surface area contributed by atoms with Gasteiger partial charge in [-0.1, -0.05) is 29.3 Å². The number of hydrogen-bond acceptors (Lipinski definition) is 2. The van der Waals surface area contributed by atoms with Crippen LogP contribution < -0.4 is 5.73 Å². The van der Waals surface area contributed by atoms with Gasteiger partial charge in [-0.2, -0.15) is 0 Å². The number of hydrogen-bond donors (Lipinski definition) is 1. The smallest absolute Gasteiger partial charge is 0.227 e. The van der Waals surface area contributed by atoms with Crippen LogP contribution in [0.4, 0.5) is 0 Å². The molecule has 0 saturated carbocycles. The summed E-state index contributed by atoms with van der Waals surface area (Å²) in [5, 5.41) is 1.03. The van der Waals surface area contributed by atoms with Crippen molar-refractivity contribution in [1.29, 1.82) is 0 Å². The van der Waals surface area contributed by atoms with Gasteiger partial charge in [-0.25, -0.2) is 0 Å². The molecule has 0 bridgehead atoms. The lowest BCUT2D eigenvalue weighted by Gasteiger charge is -2.24. The topological polar surface area (TPSA) is 46.3 Å². The van der Waals surface area contributed by atoms with Crippen molar-refractivity contribution in [2.24, 2.45) is 5.73 Å². The van der Waals surface area contributed by atoms with Gasteiger partial charge in [0.2, 0.25) is 5.91 Å². The molecule has 1 atom stereocenters. The fourth-order valence-corrected chi connectivity index (χ4v) is 1.91. The van der Waals surface area contributed by atoms with E-state index in [1.165, 1.54) is 0 Å². The molecule has 0 aliphatic carbocycles. The quantitative estimate of drug-likeness (QED) is 0.916. The van der Waals surface area contributed by atoms with Gasteiger partial charge >= 0.3 is 0 Å². The number of nitrogens with two attached hydrogens (primary N) is 1. The van der Waals surface area contributed by atoms with Gasteiger partial charge in [0.05, 0.1) is 6.42 Å². The Balaban J connectivity index is 2.81. The van der Waals surface area contributed by atoms with E-state index < -0.39 is 0 Å². The van der Waals surface area contributed by atoms with Crippen LogP contribution in [0.15, 0.2) is 18.2 Å². The number of halogens is 2. The summed E-state index contributed by atoms with van der Waals surface area (Å²) < 4.78 is 0. The molecule has 1 unspecified atom stereocenters. The number of rotatable bonds is 4. The van der Waals surface area contributed by atoms with Crippen molar-refractivity contribution in [3.63, 3.8) is 0 Å². The summed E-state index contributed by atoms with van der Waals surface area (Å²) in [6.45, 7) is 2.32. The fraction of sp³-hybridized carbons (Fsp3) is 0.417. The van der Waals surface area contributed by atoms with Crippen LogP contribution in [0.2, 0.25) is 10.0 Å². The Morgan fingerprint density at radius 2 is 1.94 bits per heavy atom. The van der Waals surface area contributed by atoms with E-state index in [-0.39, 0.29) is 18.4 Å². The maximum atomic E-state index is 12.0. The normalized spacial score (nSPS) is 12.3. The molecule has 0 fully saturated rings. The third-order valence-corrected chi connectivity index (χ3v) is 3.49. The lowest BCUT2D eigenvalue weighted by atomic mass is 10.1. The molecule has 1 aromatic rings. The number of nitrogens with zero attached hydrogens (tertiary/aromatic N) is 1. The summed E-state index contributed by atoms with van der Waals surface area (Å²) in [6, 6.07) is 5.21. The molecule has 1 rings (SSSR count). The summed E-state index contributed by atoms with van der Waals surface area (Å²) in [6.07, 6.45) is 0.194.